The van der Waals surface area contributed by atoms with Crippen molar-refractivity contribution in [3.05, 3.63) is 47.8 Å². The molecule has 0 fully saturated rings. The Labute approximate surface area is 95.3 Å². The first-order chi connectivity index (χ1) is 7.79. The third-order valence-corrected chi connectivity index (χ3v) is 2.53. The first kappa shape index (κ1) is 10.9. The van der Waals surface area contributed by atoms with E-state index in [0.29, 0.717) is 0 Å². The molecule has 84 valence electrons. The van der Waals surface area contributed by atoms with Gasteiger partial charge in [0.05, 0.1) is 11.9 Å². The number of aliphatic hydroxyl groups excluding tert-OH is 1. The Morgan fingerprint density at radius 1 is 1.38 bits per heavy atom. The van der Waals surface area contributed by atoms with Crippen LogP contribution in [0, 0.1) is 6.92 Å². The third-order valence-electron chi connectivity index (χ3n) is 2.53. The molecule has 0 saturated heterocycles. The van der Waals surface area contributed by atoms with Crippen LogP contribution in [0.1, 0.15) is 17.5 Å². The van der Waals surface area contributed by atoms with E-state index in [0.717, 1.165) is 24.1 Å². The van der Waals surface area contributed by atoms with Crippen molar-refractivity contribution in [3.8, 4) is 5.69 Å². The molecular weight excluding hydrogens is 200 g/mol. The molecule has 0 amide bonds. The average Bonchev–Trinajstić information content (AvgIpc) is 2.75. The molecule has 16 heavy (non-hydrogen) atoms. The van der Waals surface area contributed by atoms with Crippen LogP contribution in [0.2, 0.25) is 0 Å². The van der Waals surface area contributed by atoms with E-state index in [2.05, 4.69) is 24.2 Å². The Hall–Kier alpha value is -1.61. The minimum atomic E-state index is 0.232. The predicted octanol–water partition coefficient (Wildman–Crippen LogP) is 2.11. The first-order valence-corrected chi connectivity index (χ1v) is 5.51. The van der Waals surface area contributed by atoms with Crippen LogP contribution in [0.5, 0.6) is 0 Å². The molecule has 0 atom stereocenters. The predicted molar refractivity (Wildman–Crippen MR) is 63.7 cm³/mol. The van der Waals surface area contributed by atoms with Gasteiger partial charge in [0.2, 0.25) is 0 Å². The highest BCUT2D eigenvalue weighted by atomic mass is 16.2. The highest BCUT2D eigenvalue weighted by Gasteiger charge is 2.00. The number of nitrogens with zero attached hydrogens (tertiary/aromatic N) is 2. The largest absolute Gasteiger partial charge is 0.396 e. The Morgan fingerprint density at radius 3 is 3.00 bits per heavy atom. The van der Waals surface area contributed by atoms with Crippen LogP contribution in [0.3, 0.4) is 0 Å². The summed E-state index contributed by atoms with van der Waals surface area (Å²) in [5.41, 5.74) is 3.47. The lowest BCUT2D eigenvalue weighted by molar-refractivity contribution is 0.288. The number of hydrogen-bond acceptors (Lipinski definition) is 2. The molecule has 3 nitrogen and oxygen atoms in total. The molecule has 2 aromatic rings. The van der Waals surface area contributed by atoms with Crippen molar-refractivity contribution >= 4 is 0 Å². The Balaban J connectivity index is 2.18. The van der Waals surface area contributed by atoms with Gasteiger partial charge in [-0.3, -0.25) is 0 Å². The quantitative estimate of drug-likeness (QED) is 0.850. The van der Waals surface area contributed by atoms with Crippen molar-refractivity contribution in [2.45, 2.75) is 19.8 Å². The molecule has 0 bridgehead atoms. The van der Waals surface area contributed by atoms with Gasteiger partial charge in [-0.2, -0.15) is 5.10 Å². The first-order valence-electron chi connectivity index (χ1n) is 5.51. The number of aromatic nitrogens is 2. The van der Waals surface area contributed by atoms with Gasteiger partial charge in [0.25, 0.3) is 0 Å². The second kappa shape index (κ2) is 4.94. The molecule has 1 heterocycles. The van der Waals surface area contributed by atoms with Crippen LogP contribution in [-0.4, -0.2) is 21.5 Å². The molecule has 0 spiro atoms. The van der Waals surface area contributed by atoms with E-state index in [1.165, 1.54) is 5.56 Å². The standard InChI is InChI=1S/C13H16N2O/c1-11-4-2-6-13(8-11)15-10-12(9-14-15)5-3-7-16/h2,4,6,8-10,16H,3,5,7H2,1H3. The Bertz CT molecular complexity index is 462. The molecule has 0 unspecified atom stereocenters. The number of aliphatic hydroxyl groups is 1. The summed E-state index contributed by atoms with van der Waals surface area (Å²) in [6.07, 6.45) is 5.55. The van der Waals surface area contributed by atoms with Crippen LogP contribution in [0.15, 0.2) is 36.7 Å². The fourth-order valence-corrected chi connectivity index (χ4v) is 1.68. The van der Waals surface area contributed by atoms with Gasteiger partial charge < -0.3 is 5.11 Å². The second-order valence-corrected chi connectivity index (χ2v) is 3.96. The van der Waals surface area contributed by atoms with Crippen molar-refractivity contribution in [2.24, 2.45) is 0 Å². The highest BCUT2D eigenvalue weighted by molar-refractivity contribution is 5.35. The molecule has 0 aliphatic carbocycles. The summed E-state index contributed by atoms with van der Waals surface area (Å²) in [6.45, 7) is 2.30. The van der Waals surface area contributed by atoms with E-state index in [-0.39, 0.29) is 6.61 Å². The van der Waals surface area contributed by atoms with Crippen LogP contribution in [0.25, 0.3) is 5.69 Å². The van der Waals surface area contributed by atoms with Crippen molar-refractivity contribution < 1.29 is 5.11 Å². The van der Waals surface area contributed by atoms with E-state index in [9.17, 15) is 0 Å². The van der Waals surface area contributed by atoms with Gasteiger partial charge in [0.15, 0.2) is 0 Å². The molecular formula is C13H16N2O. The Kier molecular flexibility index (Phi) is 3.37. The van der Waals surface area contributed by atoms with Crippen molar-refractivity contribution in [2.75, 3.05) is 6.61 Å². The number of hydrogen-bond donors (Lipinski definition) is 1. The summed E-state index contributed by atoms with van der Waals surface area (Å²) in [7, 11) is 0. The maximum absolute atomic E-state index is 8.76. The zero-order valence-electron chi connectivity index (χ0n) is 9.43. The van der Waals surface area contributed by atoms with Crippen LogP contribution in [0.4, 0.5) is 0 Å². The summed E-state index contributed by atoms with van der Waals surface area (Å²) in [5, 5.41) is 13.1. The normalized spacial score (nSPS) is 10.6. The van der Waals surface area contributed by atoms with Crippen LogP contribution < -0.4 is 0 Å². The zero-order valence-corrected chi connectivity index (χ0v) is 9.43. The lowest BCUT2D eigenvalue weighted by Gasteiger charge is -2.01. The average molecular weight is 216 g/mol. The molecule has 1 aromatic carbocycles. The lowest BCUT2D eigenvalue weighted by Crippen LogP contribution is -1.94. The lowest BCUT2D eigenvalue weighted by atomic mass is 10.2. The van der Waals surface area contributed by atoms with Gasteiger partial charge in [0.1, 0.15) is 0 Å². The van der Waals surface area contributed by atoms with E-state index in [1.54, 1.807) is 0 Å². The van der Waals surface area contributed by atoms with Gasteiger partial charge in [-0.1, -0.05) is 12.1 Å². The van der Waals surface area contributed by atoms with Gasteiger partial charge in [-0.25, -0.2) is 4.68 Å². The van der Waals surface area contributed by atoms with E-state index >= 15 is 0 Å². The van der Waals surface area contributed by atoms with Crippen molar-refractivity contribution in [1.82, 2.24) is 9.78 Å². The maximum atomic E-state index is 8.76. The van der Waals surface area contributed by atoms with E-state index < -0.39 is 0 Å². The topological polar surface area (TPSA) is 38.0 Å². The minimum Gasteiger partial charge on any atom is -0.396 e. The highest BCUT2D eigenvalue weighted by Crippen LogP contribution is 2.11. The maximum Gasteiger partial charge on any atom is 0.0648 e. The summed E-state index contributed by atoms with van der Waals surface area (Å²) >= 11 is 0. The molecule has 0 radical (unpaired) electrons. The van der Waals surface area contributed by atoms with Gasteiger partial charge in [-0.05, 0) is 43.0 Å². The Morgan fingerprint density at radius 2 is 2.25 bits per heavy atom. The molecule has 2 rings (SSSR count). The monoisotopic (exact) mass is 216 g/mol. The second-order valence-electron chi connectivity index (χ2n) is 3.96. The van der Waals surface area contributed by atoms with E-state index in [4.69, 9.17) is 5.11 Å². The van der Waals surface area contributed by atoms with Crippen LogP contribution >= 0.6 is 0 Å². The van der Waals surface area contributed by atoms with Gasteiger partial charge in [-0.15, -0.1) is 0 Å². The van der Waals surface area contributed by atoms with Crippen molar-refractivity contribution in [3.63, 3.8) is 0 Å². The molecule has 0 saturated carbocycles. The molecule has 3 heteroatoms. The van der Waals surface area contributed by atoms with E-state index in [1.807, 2.05) is 29.2 Å². The fraction of sp³-hybridized carbons (Fsp3) is 0.308. The minimum absolute atomic E-state index is 0.232. The summed E-state index contributed by atoms with van der Waals surface area (Å²) < 4.78 is 1.87. The van der Waals surface area contributed by atoms with Gasteiger partial charge >= 0.3 is 0 Å². The van der Waals surface area contributed by atoms with Gasteiger partial charge in [0, 0.05) is 12.8 Å². The van der Waals surface area contributed by atoms with Crippen molar-refractivity contribution in [1.29, 1.82) is 0 Å². The molecule has 1 N–H and O–H groups in total. The number of aryl methyl sites for hydroxylation is 2. The summed E-state index contributed by atoms with van der Waals surface area (Å²) in [6, 6.07) is 8.23. The fourth-order valence-electron chi connectivity index (χ4n) is 1.68. The number of benzene rings is 1. The van der Waals surface area contributed by atoms with Crippen LogP contribution in [-0.2, 0) is 6.42 Å². The summed E-state index contributed by atoms with van der Waals surface area (Å²) in [5.74, 6) is 0. The molecule has 1 aromatic heterocycles. The SMILES string of the molecule is Cc1cccc(-n2cc(CCCO)cn2)c1. The third kappa shape index (κ3) is 2.49. The number of rotatable bonds is 4. The molecule has 0 aliphatic rings. The summed E-state index contributed by atoms with van der Waals surface area (Å²) in [4.78, 5) is 0. The molecule has 0 aliphatic heterocycles. The zero-order chi connectivity index (χ0) is 11.4. The smallest absolute Gasteiger partial charge is 0.0648 e.